The second-order valence-electron chi connectivity index (χ2n) is 7.47. The highest BCUT2D eigenvalue weighted by Gasteiger charge is 2.63. The van der Waals surface area contributed by atoms with Gasteiger partial charge >= 0.3 is 0 Å². The van der Waals surface area contributed by atoms with Crippen molar-refractivity contribution in [2.75, 3.05) is 20.3 Å². The maximum Gasteiger partial charge on any atom is 0.232 e. The summed E-state index contributed by atoms with van der Waals surface area (Å²) in [6.07, 6.45) is 11.2. The van der Waals surface area contributed by atoms with Crippen molar-refractivity contribution in [3.05, 3.63) is 72.1 Å². The number of nitrogens with zero attached hydrogens (tertiary/aromatic N) is 3. The van der Waals surface area contributed by atoms with E-state index in [-0.39, 0.29) is 11.5 Å². The van der Waals surface area contributed by atoms with Crippen molar-refractivity contribution >= 4 is 12.0 Å². The molecule has 0 radical (unpaired) electrons. The molecule has 2 aromatic rings. The van der Waals surface area contributed by atoms with Gasteiger partial charge in [0.25, 0.3) is 0 Å². The molecule has 134 valence electrons. The van der Waals surface area contributed by atoms with Crippen LogP contribution in [0.2, 0.25) is 0 Å². The average Bonchev–Trinajstić information content (AvgIpc) is 2.64. The molecule has 1 aromatic heterocycles. The Labute approximate surface area is 155 Å². The summed E-state index contributed by atoms with van der Waals surface area (Å²) in [5, 5.41) is 0. The molecular formula is C22H25N3O. The molecule has 1 unspecified atom stereocenters. The zero-order chi connectivity index (χ0) is 18.0. The second-order valence-corrected chi connectivity index (χ2v) is 7.47. The molecule has 1 atom stereocenters. The minimum atomic E-state index is -0.149. The van der Waals surface area contributed by atoms with Crippen LogP contribution in [0, 0.1) is 5.41 Å². The molecule has 1 spiro atoms. The second kappa shape index (κ2) is 7.04. The van der Waals surface area contributed by atoms with Crippen LogP contribution >= 0.6 is 0 Å². The number of likely N-dealkylation sites (tertiary alicyclic amines) is 1. The third-order valence-corrected chi connectivity index (χ3v) is 5.69. The highest BCUT2D eigenvalue weighted by molar-refractivity contribution is 5.91. The molecule has 4 nitrogen and oxygen atoms in total. The van der Waals surface area contributed by atoms with Gasteiger partial charge in [0.15, 0.2) is 0 Å². The van der Waals surface area contributed by atoms with Gasteiger partial charge in [-0.3, -0.25) is 14.7 Å². The molecule has 4 rings (SSSR count). The quantitative estimate of drug-likeness (QED) is 0.747. The lowest BCUT2D eigenvalue weighted by Crippen LogP contribution is -2.67. The standard InChI is InChI=1S/C22H25N3O/c1-24(15-6-10-18-8-3-2-4-9-18)17-25-20(19-11-5-14-23-16-19)22(21(25)26)12-7-13-22/h2-6,8-11,14,16,20H,7,12-13,15,17H2,1H3/b10-6+. The lowest BCUT2D eigenvalue weighted by atomic mass is 9.56. The summed E-state index contributed by atoms with van der Waals surface area (Å²) in [5.74, 6) is 0.316. The van der Waals surface area contributed by atoms with Gasteiger partial charge in [-0.15, -0.1) is 0 Å². The summed E-state index contributed by atoms with van der Waals surface area (Å²) in [5.41, 5.74) is 2.21. The Morgan fingerprint density at radius 3 is 2.69 bits per heavy atom. The highest BCUT2D eigenvalue weighted by atomic mass is 16.2. The lowest BCUT2D eigenvalue weighted by Gasteiger charge is -2.61. The molecule has 0 N–H and O–H groups in total. The first-order valence-electron chi connectivity index (χ1n) is 9.32. The number of rotatable bonds is 6. The molecular weight excluding hydrogens is 322 g/mol. The number of likely N-dealkylation sites (N-methyl/N-ethyl adjacent to an activating group) is 1. The molecule has 2 heterocycles. The Balaban J connectivity index is 1.41. The van der Waals surface area contributed by atoms with E-state index in [0.29, 0.717) is 12.6 Å². The molecule has 1 amide bonds. The van der Waals surface area contributed by atoms with Gasteiger partial charge in [-0.05, 0) is 37.1 Å². The molecule has 0 bridgehead atoms. The first-order valence-corrected chi connectivity index (χ1v) is 9.32. The summed E-state index contributed by atoms with van der Waals surface area (Å²) in [4.78, 5) is 21.3. The minimum absolute atomic E-state index is 0.149. The molecule has 1 aromatic carbocycles. The van der Waals surface area contributed by atoms with Crippen LogP contribution in [0.5, 0.6) is 0 Å². The Morgan fingerprint density at radius 2 is 2.04 bits per heavy atom. The number of hydrogen-bond acceptors (Lipinski definition) is 3. The number of carbonyl (C=O) groups excluding carboxylic acids is 1. The predicted molar refractivity (Wildman–Crippen MR) is 103 cm³/mol. The van der Waals surface area contributed by atoms with Crippen molar-refractivity contribution in [1.29, 1.82) is 0 Å². The van der Waals surface area contributed by atoms with Crippen LogP contribution in [0.3, 0.4) is 0 Å². The van der Waals surface area contributed by atoms with Gasteiger partial charge in [0.1, 0.15) is 0 Å². The van der Waals surface area contributed by atoms with E-state index in [4.69, 9.17) is 0 Å². The Morgan fingerprint density at radius 1 is 1.23 bits per heavy atom. The topological polar surface area (TPSA) is 36.4 Å². The number of β-lactam (4-membered cyclic amide) rings is 1. The van der Waals surface area contributed by atoms with Crippen LogP contribution in [-0.4, -0.2) is 41.0 Å². The third-order valence-electron chi connectivity index (χ3n) is 5.69. The smallest absolute Gasteiger partial charge is 0.232 e. The SMILES string of the molecule is CN(C/C=C/c1ccccc1)CN1C(=O)C2(CCC2)C1c1cccnc1. The van der Waals surface area contributed by atoms with Crippen molar-refractivity contribution in [1.82, 2.24) is 14.8 Å². The van der Waals surface area contributed by atoms with Gasteiger partial charge in [-0.25, -0.2) is 0 Å². The van der Waals surface area contributed by atoms with E-state index >= 15 is 0 Å². The van der Waals surface area contributed by atoms with Gasteiger partial charge < -0.3 is 4.90 Å². The first-order chi connectivity index (χ1) is 12.7. The van der Waals surface area contributed by atoms with E-state index in [9.17, 15) is 4.79 Å². The van der Waals surface area contributed by atoms with Crippen LogP contribution in [0.15, 0.2) is 60.9 Å². The summed E-state index contributed by atoms with van der Waals surface area (Å²) in [7, 11) is 2.06. The van der Waals surface area contributed by atoms with Gasteiger partial charge in [-0.2, -0.15) is 0 Å². The zero-order valence-corrected chi connectivity index (χ0v) is 15.2. The van der Waals surface area contributed by atoms with Crippen molar-refractivity contribution in [2.45, 2.75) is 25.3 Å². The normalized spacial score (nSPS) is 21.2. The number of hydrogen-bond donors (Lipinski definition) is 0. The number of aromatic nitrogens is 1. The van der Waals surface area contributed by atoms with Crippen molar-refractivity contribution < 1.29 is 4.79 Å². The molecule has 4 heteroatoms. The van der Waals surface area contributed by atoms with Crippen molar-refractivity contribution in [3.63, 3.8) is 0 Å². The molecule has 2 aliphatic rings. The molecule has 1 saturated heterocycles. The summed E-state index contributed by atoms with van der Waals surface area (Å²) < 4.78 is 0. The van der Waals surface area contributed by atoms with E-state index < -0.39 is 0 Å². The number of amides is 1. The van der Waals surface area contributed by atoms with E-state index in [1.165, 1.54) is 11.1 Å². The molecule has 26 heavy (non-hydrogen) atoms. The molecule has 1 aliphatic carbocycles. The third kappa shape index (κ3) is 2.95. The van der Waals surface area contributed by atoms with Crippen LogP contribution in [0.1, 0.15) is 36.4 Å². The van der Waals surface area contributed by atoms with E-state index in [1.807, 2.05) is 35.4 Å². The fourth-order valence-corrected chi connectivity index (χ4v) is 4.23. The van der Waals surface area contributed by atoms with Crippen molar-refractivity contribution in [2.24, 2.45) is 5.41 Å². The largest absolute Gasteiger partial charge is 0.321 e. The van der Waals surface area contributed by atoms with Gasteiger partial charge in [0, 0.05) is 18.9 Å². The molecule has 1 saturated carbocycles. The van der Waals surface area contributed by atoms with Crippen LogP contribution in [0.25, 0.3) is 6.08 Å². The fraction of sp³-hybridized carbons (Fsp3) is 0.364. The predicted octanol–water partition coefficient (Wildman–Crippen LogP) is 3.74. The number of carbonyl (C=O) groups is 1. The molecule has 2 fully saturated rings. The van der Waals surface area contributed by atoms with Gasteiger partial charge in [-0.1, -0.05) is 55.0 Å². The average molecular weight is 347 g/mol. The summed E-state index contributed by atoms with van der Waals surface area (Å²) >= 11 is 0. The number of pyridine rings is 1. The minimum Gasteiger partial charge on any atom is -0.321 e. The maximum absolute atomic E-state index is 12.8. The number of benzene rings is 1. The van der Waals surface area contributed by atoms with Crippen molar-refractivity contribution in [3.8, 4) is 0 Å². The maximum atomic E-state index is 12.8. The van der Waals surface area contributed by atoms with Gasteiger partial charge in [0.2, 0.25) is 5.91 Å². The Hall–Kier alpha value is -2.46. The Kier molecular flexibility index (Phi) is 4.60. The Bertz CT molecular complexity index is 784. The van der Waals surface area contributed by atoms with Crippen LogP contribution in [0.4, 0.5) is 0 Å². The zero-order valence-electron chi connectivity index (χ0n) is 15.2. The van der Waals surface area contributed by atoms with Crippen LogP contribution < -0.4 is 0 Å². The first kappa shape index (κ1) is 17.0. The lowest BCUT2D eigenvalue weighted by molar-refractivity contribution is -0.190. The van der Waals surface area contributed by atoms with Crippen LogP contribution in [-0.2, 0) is 4.79 Å². The highest BCUT2D eigenvalue weighted by Crippen LogP contribution is 2.61. The van der Waals surface area contributed by atoms with E-state index in [0.717, 1.165) is 25.8 Å². The van der Waals surface area contributed by atoms with Gasteiger partial charge in [0.05, 0.1) is 18.1 Å². The van der Waals surface area contributed by atoms with E-state index in [1.54, 1.807) is 6.20 Å². The fourth-order valence-electron chi connectivity index (χ4n) is 4.23. The monoisotopic (exact) mass is 347 g/mol. The summed E-state index contributed by atoms with van der Waals surface area (Å²) in [6.45, 7) is 1.46. The molecule has 1 aliphatic heterocycles. The summed E-state index contributed by atoms with van der Waals surface area (Å²) in [6, 6.07) is 14.5. The van der Waals surface area contributed by atoms with E-state index in [2.05, 4.69) is 47.3 Å².